The molecule has 0 saturated heterocycles. The van der Waals surface area contributed by atoms with Gasteiger partial charge in [0.1, 0.15) is 0 Å². The van der Waals surface area contributed by atoms with Crippen LogP contribution in [0.15, 0.2) is 23.1 Å². The number of rotatable bonds is 5. The molecule has 0 aliphatic rings. The van der Waals surface area contributed by atoms with Gasteiger partial charge in [0.15, 0.2) is 0 Å². The van der Waals surface area contributed by atoms with Gasteiger partial charge in [-0.15, -0.1) is 0 Å². The quantitative estimate of drug-likeness (QED) is 0.664. The molecular weight excluding hydrogens is 284 g/mol. The molecule has 0 saturated carbocycles. The standard InChI is InChI=1S/C12H17BrN2O2/c1-9(13)4-3-6-14-12(17)10-5-7-15(2)11(16)8-10/h5,7-9H,3-4,6H2,1-2H3,(H,14,17). The van der Waals surface area contributed by atoms with Gasteiger partial charge in [0, 0.05) is 36.2 Å². The van der Waals surface area contributed by atoms with E-state index in [1.165, 1.54) is 10.6 Å². The summed E-state index contributed by atoms with van der Waals surface area (Å²) in [5.74, 6) is -0.190. The summed E-state index contributed by atoms with van der Waals surface area (Å²) in [6.45, 7) is 2.70. The second-order valence-electron chi connectivity index (χ2n) is 4.04. The molecule has 0 aromatic carbocycles. The summed E-state index contributed by atoms with van der Waals surface area (Å²) in [6, 6.07) is 2.99. The van der Waals surface area contributed by atoms with Crippen molar-refractivity contribution in [1.82, 2.24) is 9.88 Å². The maximum absolute atomic E-state index is 11.7. The van der Waals surface area contributed by atoms with E-state index in [0.29, 0.717) is 16.9 Å². The third-order valence-corrected chi connectivity index (χ3v) is 2.89. The van der Waals surface area contributed by atoms with E-state index in [2.05, 4.69) is 28.2 Å². The molecule has 0 bridgehead atoms. The minimum absolute atomic E-state index is 0.174. The number of pyridine rings is 1. The van der Waals surface area contributed by atoms with Gasteiger partial charge in [-0.1, -0.05) is 22.9 Å². The van der Waals surface area contributed by atoms with Crippen LogP contribution in [-0.2, 0) is 7.05 Å². The Morgan fingerprint density at radius 2 is 2.29 bits per heavy atom. The van der Waals surface area contributed by atoms with Crippen molar-refractivity contribution < 1.29 is 4.79 Å². The van der Waals surface area contributed by atoms with Crippen molar-refractivity contribution in [2.75, 3.05) is 6.54 Å². The van der Waals surface area contributed by atoms with Gasteiger partial charge >= 0.3 is 0 Å². The molecule has 94 valence electrons. The number of amides is 1. The molecule has 1 N–H and O–H groups in total. The highest BCUT2D eigenvalue weighted by Gasteiger charge is 2.06. The Morgan fingerprint density at radius 1 is 1.59 bits per heavy atom. The Kier molecular flexibility index (Phi) is 5.41. The third-order valence-electron chi connectivity index (χ3n) is 2.43. The van der Waals surface area contributed by atoms with Crippen LogP contribution in [0.4, 0.5) is 0 Å². The molecule has 0 aliphatic heterocycles. The van der Waals surface area contributed by atoms with Crippen LogP contribution in [0.5, 0.6) is 0 Å². The molecule has 1 aromatic rings. The van der Waals surface area contributed by atoms with E-state index in [9.17, 15) is 9.59 Å². The molecule has 1 atom stereocenters. The monoisotopic (exact) mass is 300 g/mol. The number of nitrogens with one attached hydrogen (secondary N) is 1. The number of carbonyl (C=O) groups is 1. The van der Waals surface area contributed by atoms with Crippen molar-refractivity contribution in [2.24, 2.45) is 7.05 Å². The fourth-order valence-electron chi connectivity index (χ4n) is 1.38. The molecule has 0 radical (unpaired) electrons. The van der Waals surface area contributed by atoms with Gasteiger partial charge < -0.3 is 9.88 Å². The molecular formula is C12H17BrN2O2. The summed E-state index contributed by atoms with van der Waals surface area (Å²) in [6.07, 6.45) is 3.53. The zero-order chi connectivity index (χ0) is 12.8. The van der Waals surface area contributed by atoms with Gasteiger partial charge in [-0.25, -0.2) is 0 Å². The molecule has 0 aliphatic carbocycles. The van der Waals surface area contributed by atoms with E-state index in [0.717, 1.165) is 12.8 Å². The lowest BCUT2D eigenvalue weighted by Gasteiger charge is -2.06. The summed E-state index contributed by atoms with van der Waals surface area (Å²) in [7, 11) is 1.65. The molecule has 1 unspecified atom stereocenters. The first-order chi connectivity index (χ1) is 8.00. The van der Waals surface area contributed by atoms with Gasteiger partial charge in [0.25, 0.3) is 11.5 Å². The second-order valence-corrected chi connectivity index (χ2v) is 5.61. The molecule has 1 amide bonds. The molecule has 5 heteroatoms. The smallest absolute Gasteiger partial charge is 0.251 e. The number of aromatic nitrogens is 1. The van der Waals surface area contributed by atoms with Crippen molar-refractivity contribution >= 4 is 21.8 Å². The number of nitrogens with zero attached hydrogens (tertiary/aromatic N) is 1. The number of carbonyl (C=O) groups excluding carboxylic acids is 1. The normalized spacial score (nSPS) is 12.2. The van der Waals surface area contributed by atoms with Gasteiger partial charge in [0.2, 0.25) is 0 Å². The Hall–Kier alpha value is -1.10. The van der Waals surface area contributed by atoms with Crippen LogP contribution < -0.4 is 10.9 Å². The second kappa shape index (κ2) is 6.59. The first-order valence-corrected chi connectivity index (χ1v) is 6.51. The van der Waals surface area contributed by atoms with Crippen LogP contribution in [0.25, 0.3) is 0 Å². The number of hydrogen-bond donors (Lipinski definition) is 1. The Bertz CT molecular complexity index is 440. The molecule has 1 rings (SSSR count). The van der Waals surface area contributed by atoms with Gasteiger partial charge in [-0.3, -0.25) is 9.59 Å². The maximum atomic E-state index is 11.7. The molecule has 1 heterocycles. The highest BCUT2D eigenvalue weighted by Crippen LogP contribution is 2.05. The minimum Gasteiger partial charge on any atom is -0.352 e. The number of hydrogen-bond acceptors (Lipinski definition) is 2. The van der Waals surface area contributed by atoms with Crippen LogP contribution in [0.1, 0.15) is 30.1 Å². The molecule has 0 spiro atoms. The minimum atomic E-state index is -0.190. The summed E-state index contributed by atoms with van der Waals surface area (Å²) in [5.41, 5.74) is 0.242. The van der Waals surface area contributed by atoms with E-state index in [4.69, 9.17) is 0 Å². The van der Waals surface area contributed by atoms with E-state index in [1.54, 1.807) is 19.3 Å². The first-order valence-electron chi connectivity index (χ1n) is 5.59. The van der Waals surface area contributed by atoms with Crippen LogP contribution in [0, 0.1) is 0 Å². The summed E-state index contributed by atoms with van der Waals surface area (Å²) in [5, 5.41) is 2.79. The maximum Gasteiger partial charge on any atom is 0.251 e. The molecule has 1 aromatic heterocycles. The zero-order valence-electron chi connectivity index (χ0n) is 10.1. The third kappa shape index (κ3) is 4.73. The first kappa shape index (κ1) is 14.0. The Morgan fingerprint density at radius 3 is 2.88 bits per heavy atom. The summed E-state index contributed by atoms with van der Waals surface area (Å²) in [4.78, 5) is 23.5. The van der Waals surface area contributed by atoms with Gasteiger partial charge in [-0.05, 0) is 18.9 Å². The lowest BCUT2D eigenvalue weighted by Crippen LogP contribution is -2.27. The van der Waals surface area contributed by atoms with E-state index >= 15 is 0 Å². The van der Waals surface area contributed by atoms with Gasteiger partial charge in [-0.2, -0.15) is 0 Å². The number of aryl methyl sites for hydroxylation is 1. The largest absolute Gasteiger partial charge is 0.352 e. The van der Waals surface area contributed by atoms with E-state index in [-0.39, 0.29) is 11.5 Å². The number of halogens is 1. The Labute approximate surface area is 109 Å². The van der Waals surface area contributed by atoms with Crippen LogP contribution in [-0.4, -0.2) is 21.8 Å². The molecule has 4 nitrogen and oxygen atoms in total. The van der Waals surface area contributed by atoms with Crippen molar-refractivity contribution in [3.05, 3.63) is 34.2 Å². The van der Waals surface area contributed by atoms with Crippen molar-refractivity contribution in [2.45, 2.75) is 24.6 Å². The summed E-state index contributed by atoms with van der Waals surface area (Å²) < 4.78 is 1.43. The van der Waals surface area contributed by atoms with E-state index in [1.807, 2.05) is 0 Å². The summed E-state index contributed by atoms with van der Waals surface area (Å²) >= 11 is 3.45. The molecule has 0 fully saturated rings. The topological polar surface area (TPSA) is 51.1 Å². The van der Waals surface area contributed by atoms with Crippen LogP contribution in [0.3, 0.4) is 0 Å². The lowest BCUT2D eigenvalue weighted by molar-refractivity contribution is 0.0952. The predicted molar refractivity (Wildman–Crippen MR) is 71.6 cm³/mol. The number of alkyl halides is 1. The predicted octanol–water partition coefficient (Wildman–Crippen LogP) is 1.68. The van der Waals surface area contributed by atoms with Crippen molar-refractivity contribution in [3.63, 3.8) is 0 Å². The fraction of sp³-hybridized carbons (Fsp3) is 0.500. The highest BCUT2D eigenvalue weighted by molar-refractivity contribution is 9.09. The fourth-order valence-corrected chi connectivity index (χ4v) is 1.70. The van der Waals surface area contributed by atoms with Crippen LogP contribution in [0.2, 0.25) is 0 Å². The zero-order valence-corrected chi connectivity index (χ0v) is 11.7. The van der Waals surface area contributed by atoms with Crippen molar-refractivity contribution in [1.29, 1.82) is 0 Å². The Balaban J connectivity index is 2.47. The lowest BCUT2D eigenvalue weighted by atomic mass is 10.2. The highest BCUT2D eigenvalue weighted by atomic mass is 79.9. The van der Waals surface area contributed by atoms with Crippen molar-refractivity contribution in [3.8, 4) is 0 Å². The SMILES string of the molecule is CC(Br)CCCNC(=O)c1ccn(C)c(=O)c1. The average molecular weight is 301 g/mol. The molecule has 17 heavy (non-hydrogen) atoms. The van der Waals surface area contributed by atoms with E-state index < -0.39 is 0 Å². The van der Waals surface area contributed by atoms with Gasteiger partial charge in [0.05, 0.1) is 0 Å². The van der Waals surface area contributed by atoms with Crippen LogP contribution >= 0.6 is 15.9 Å². The average Bonchev–Trinajstić information content (AvgIpc) is 2.27.